The number of hydrogen-bond donors (Lipinski definition) is 0. The summed E-state index contributed by atoms with van der Waals surface area (Å²) in [5, 5.41) is 0. The van der Waals surface area contributed by atoms with E-state index in [4.69, 9.17) is 0 Å². The number of benzene rings is 1. The molecule has 1 fully saturated rings. The number of likely N-dealkylation sites (N-methyl/N-ethyl adjacent to an activating group) is 1. The van der Waals surface area contributed by atoms with E-state index >= 15 is 0 Å². The van der Waals surface area contributed by atoms with Crippen LogP contribution in [0.4, 0.5) is 13.3 Å². The van der Waals surface area contributed by atoms with Gasteiger partial charge in [0.05, 0.1) is 0 Å². The van der Waals surface area contributed by atoms with E-state index in [-0.39, 0.29) is 17.7 Å². The molecule has 1 aromatic rings. The Kier molecular flexibility index (Phi) is 4.84. The molecule has 7 heteroatoms. The highest BCUT2D eigenvalue weighted by molar-refractivity contribution is 5.89. The Balaban J connectivity index is 2.24. The van der Waals surface area contributed by atoms with Crippen molar-refractivity contribution in [2.45, 2.75) is 13.5 Å². The Hall–Kier alpha value is -1.60. The van der Waals surface area contributed by atoms with Crippen LogP contribution in [0.1, 0.15) is 21.5 Å². The predicted molar refractivity (Wildman–Crippen MR) is 70.4 cm³/mol. The first-order valence-corrected chi connectivity index (χ1v) is 6.65. The van der Waals surface area contributed by atoms with Crippen molar-refractivity contribution in [2.75, 3.05) is 33.2 Å². The first-order valence-electron chi connectivity index (χ1n) is 6.65. The van der Waals surface area contributed by atoms with Crippen LogP contribution in [0.5, 0.6) is 0 Å². The minimum Gasteiger partial charge on any atom is -0.304 e. The van der Waals surface area contributed by atoms with Crippen LogP contribution >= 0.6 is 0 Å². The molecule has 116 valence electrons. The molecule has 1 aromatic carbocycles. The van der Waals surface area contributed by atoms with Gasteiger partial charge in [-0.1, -0.05) is 0 Å². The lowest BCUT2D eigenvalue weighted by Crippen LogP contribution is -2.44. The van der Waals surface area contributed by atoms with Crippen molar-refractivity contribution < 1.29 is 23.0 Å². The Labute approximate surface area is 121 Å². The number of carbonyl (C=O) groups excluding carboxylic acids is 1. The highest BCUT2D eigenvalue weighted by Crippen LogP contribution is 2.23. The van der Waals surface area contributed by atoms with Gasteiger partial charge in [-0.05, 0) is 25.6 Å². The lowest BCUT2D eigenvalue weighted by atomic mass is 10.0. The van der Waals surface area contributed by atoms with E-state index in [1.807, 2.05) is 11.9 Å². The fourth-order valence-corrected chi connectivity index (χ4v) is 2.40. The summed E-state index contributed by atoms with van der Waals surface area (Å²) in [4.78, 5) is 18.2. The largest absolute Gasteiger partial charge is 0.382 e. The Bertz CT molecular complexity index is 544. The summed E-state index contributed by atoms with van der Waals surface area (Å²) >= 11 is 0. The van der Waals surface area contributed by atoms with Crippen LogP contribution in [0.3, 0.4) is 0 Å². The molecule has 0 amide bonds. The number of hydrogen-bond acceptors (Lipinski definition) is 4. The molecule has 1 aliphatic heterocycles. The van der Waals surface area contributed by atoms with Crippen LogP contribution < -0.4 is 0 Å². The third kappa shape index (κ3) is 3.36. The standard InChI is InChI=1S/C14H17F3N2O2/c1-9-11(8-19-5-3-18(2)4-6-19)12(15)7-10(13(9)16)14(20)21-17/h7H,3-6,8H2,1-2H3. The molecule has 0 aliphatic carbocycles. The van der Waals surface area contributed by atoms with Crippen molar-refractivity contribution in [3.05, 3.63) is 34.4 Å². The molecule has 2 rings (SSSR count). The second-order valence-corrected chi connectivity index (χ2v) is 5.27. The summed E-state index contributed by atoms with van der Waals surface area (Å²) in [7, 11) is 2.00. The van der Waals surface area contributed by atoms with Crippen LogP contribution in [-0.4, -0.2) is 49.0 Å². The van der Waals surface area contributed by atoms with Crippen molar-refractivity contribution in [3.63, 3.8) is 0 Å². The Morgan fingerprint density at radius 1 is 1.29 bits per heavy atom. The van der Waals surface area contributed by atoms with Crippen LogP contribution in [0.2, 0.25) is 0 Å². The second-order valence-electron chi connectivity index (χ2n) is 5.27. The molecule has 1 saturated heterocycles. The molecule has 0 unspecified atom stereocenters. The smallest absolute Gasteiger partial charge is 0.304 e. The molecule has 1 aliphatic rings. The van der Waals surface area contributed by atoms with Gasteiger partial charge in [0.25, 0.3) is 0 Å². The first-order chi connectivity index (χ1) is 9.93. The fourth-order valence-electron chi connectivity index (χ4n) is 2.40. The van der Waals surface area contributed by atoms with E-state index < -0.39 is 23.2 Å². The maximum atomic E-state index is 14.1. The van der Waals surface area contributed by atoms with Crippen molar-refractivity contribution in [1.29, 1.82) is 0 Å². The van der Waals surface area contributed by atoms with Gasteiger partial charge in [-0.25, -0.2) is 18.5 Å². The molecule has 0 radical (unpaired) electrons. The van der Waals surface area contributed by atoms with E-state index in [9.17, 15) is 18.1 Å². The molecule has 0 spiro atoms. The normalized spacial score (nSPS) is 17.0. The molecular weight excluding hydrogens is 285 g/mol. The summed E-state index contributed by atoms with van der Waals surface area (Å²) in [5.41, 5.74) is -0.531. The van der Waals surface area contributed by atoms with Crippen molar-refractivity contribution in [3.8, 4) is 0 Å². The zero-order chi connectivity index (χ0) is 15.6. The Morgan fingerprint density at radius 3 is 2.48 bits per heavy atom. The minimum absolute atomic E-state index is 0.00864. The molecule has 0 atom stereocenters. The predicted octanol–water partition coefficient (Wildman–Crippen LogP) is 2.06. The van der Waals surface area contributed by atoms with E-state index in [1.54, 1.807) is 0 Å². The molecule has 0 bridgehead atoms. The summed E-state index contributed by atoms with van der Waals surface area (Å²) in [5.74, 6) is -3.20. The summed E-state index contributed by atoms with van der Waals surface area (Å²) < 4.78 is 40.0. The molecule has 1 heterocycles. The average Bonchev–Trinajstić information content (AvgIpc) is 2.48. The fraction of sp³-hybridized carbons (Fsp3) is 0.500. The van der Waals surface area contributed by atoms with Gasteiger partial charge in [-0.3, -0.25) is 4.90 Å². The zero-order valence-electron chi connectivity index (χ0n) is 12.0. The molecule has 0 aromatic heterocycles. The number of halogens is 3. The first kappa shape index (κ1) is 15.8. The summed E-state index contributed by atoms with van der Waals surface area (Å²) in [6.07, 6.45) is 0. The number of piperazine rings is 1. The minimum atomic E-state index is -1.53. The maximum Gasteiger partial charge on any atom is 0.382 e. The molecule has 4 nitrogen and oxygen atoms in total. The van der Waals surface area contributed by atoms with Gasteiger partial charge < -0.3 is 4.90 Å². The number of nitrogens with zero attached hydrogens (tertiary/aromatic N) is 2. The van der Waals surface area contributed by atoms with Gasteiger partial charge in [-0.2, -0.15) is 0 Å². The molecule has 21 heavy (non-hydrogen) atoms. The highest BCUT2D eigenvalue weighted by Gasteiger charge is 2.23. The van der Waals surface area contributed by atoms with Gasteiger partial charge in [0.1, 0.15) is 17.2 Å². The van der Waals surface area contributed by atoms with Gasteiger partial charge in [0.15, 0.2) is 0 Å². The van der Waals surface area contributed by atoms with Crippen molar-refractivity contribution in [1.82, 2.24) is 9.80 Å². The van der Waals surface area contributed by atoms with Gasteiger partial charge >= 0.3 is 5.97 Å². The third-order valence-electron chi connectivity index (χ3n) is 3.85. The third-order valence-corrected chi connectivity index (χ3v) is 3.85. The van der Waals surface area contributed by atoms with Crippen LogP contribution in [0.25, 0.3) is 0 Å². The zero-order valence-corrected chi connectivity index (χ0v) is 12.0. The van der Waals surface area contributed by atoms with Crippen LogP contribution in [0.15, 0.2) is 6.07 Å². The molecular formula is C14H17F3N2O2. The summed E-state index contributed by atoms with van der Waals surface area (Å²) in [6, 6.07) is 0.690. The van der Waals surface area contributed by atoms with E-state index in [0.717, 1.165) is 26.2 Å². The van der Waals surface area contributed by atoms with E-state index in [0.29, 0.717) is 6.07 Å². The lowest BCUT2D eigenvalue weighted by molar-refractivity contribution is -0.0792. The number of rotatable bonds is 3. The molecule has 0 saturated carbocycles. The van der Waals surface area contributed by atoms with E-state index in [2.05, 4.69) is 9.84 Å². The lowest BCUT2D eigenvalue weighted by Gasteiger charge is -2.32. The van der Waals surface area contributed by atoms with Crippen LogP contribution in [0, 0.1) is 18.6 Å². The van der Waals surface area contributed by atoms with Crippen LogP contribution in [-0.2, 0) is 11.5 Å². The average molecular weight is 302 g/mol. The Morgan fingerprint density at radius 2 is 1.90 bits per heavy atom. The SMILES string of the molecule is Cc1c(F)c(C(=O)OF)cc(F)c1CN1CCN(C)CC1. The van der Waals surface area contributed by atoms with Crippen molar-refractivity contribution >= 4 is 5.97 Å². The molecule has 0 N–H and O–H groups in total. The summed E-state index contributed by atoms with van der Waals surface area (Å²) in [6.45, 7) is 4.85. The van der Waals surface area contributed by atoms with Gasteiger partial charge in [0, 0.05) is 42.8 Å². The van der Waals surface area contributed by atoms with E-state index in [1.165, 1.54) is 6.92 Å². The topological polar surface area (TPSA) is 32.8 Å². The highest BCUT2D eigenvalue weighted by atomic mass is 19.3. The maximum absolute atomic E-state index is 14.1. The second kappa shape index (κ2) is 6.44. The van der Waals surface area contributed by atoms with Gasteiger partial charge in [-0.15, -0.1) is 0 Å². The number of carbonyl (C=O) groups is 1. The van der Waals surface area contributed by atoms with Crippen molar-refractivity contribution in [2.24, 2.45) is 0 Å². The monoisotopic (exact) mass is 302 g/mol. The van der Waals surface area contributed by atoms with Gasteiger partial charge in [0.2, 0.25) is 0 Å². The quantitative estimate of drug-likeness (QED) is 0.856.